The Morgan fingerprint density at radius 1 is 0.562 bits per heavy atom. The molecule has 13 heteroatoms. The molecule has 0 heterocycles. The molecule has 184 valence electrons. The Morgan fingerprint density at radius 2 is 0.812 bits per heavy atom. The molecule has 0 aromatic rings. The fourth-order valence-electron chi connectivity index (χ4n) is 3.50. The van der Waals surface area contributed by atoms with Crippen molar-refractivity contribution in [1.29, 1.82) is 0 Å². The van der Waals surface area contributed by atoms with Gasteiger partial charge in [0.25, 0.3) is 0 Å². The zero-order valence-corrected chi connectivity index (χ0v) is 18.5. The number of hydrogen-bond acceptors (Lipinski definition) is 8. The van der Waals surface area contributed by atoms with Crippen LogP contribution < -0.4 is 27.8 Å². The highest BCUT2D eigenvalue weighted by molar-refractivity contribution is 5.79. The lowest BCUT2D eigenvalue weighted by Crippen LogP contribution is -2.52. The van der Waals surface area contributed by atoms with Crippen LogP contribution in [0.5, 0.6) is 0 Å². The van der Waals surface area contributed by atoms with Gasteiger partial charge in [0, 0.05) is 43.6 Å². The van der Waals surface area contributed by atoms with Gasteiger partial charge in [-0.15, -0.1) is 0 Å². The van der Waals surface area contributed by atoms with E-state index in [1.54, 1.807) is 0 Å². The van der Waals surface area contributed by atoms with Crippen molar-refractivity contribution in [3.63, 3.8) is 0 Å². The summed E-state index contributed by atoms with van der Waals surface area (Å²) >= 11 is 0. The highest BCUT2D eigenvalue weighted by Gasteiger charge is 2.39. The monoisotopic (exact) mass is 461 g/mol. The molecule has 0 aliphatic rings. The number of aliphatic carboxylic acids is 3. The molecule has 0 aromatic heterocycles. The van der Waals surface area contributed by atoms with Crippen LogP contribution >= 0.6 is 0 Å². The number of carbonyl (C=O) groups is 5. The Bertz CT molecular complexity index is 668. The number of rotatable bonds is 16. The first-order valence-electron chi connectivity index (χ1n) is 10.0. The lowest BCUT2D eigenvalue weighted by Gasteiger charge is -2.36. The Morgan fingerprint density at radius 3 is 1.06 bits per heavy atom. The van der Waals surface area contributed by atoms with Crippen LogP contribution in [-0.2, 0) is 24.0 Å². The van der Waals surface area contributed by atoms with Crippen LogP contribution in [0.15, 0.2) is 0 Å². The van der Waals surface area contributed by atoms with E-state index in [1.165, 1.54) is 14.1 Å². The minimum absolute atomic E-state index is 0.0663. The zero-order valence-electron chi connectivity index (χ0n) is 18.5. The van der Waals surface area contributed by atoms with Gasteiger partial charge in [-0.2, -0.15) is 0 Å². The molecule has 0 bridgehead atoms. The fraction of sp³-hybridized carbons (Fsp3) is 0.737. The fourth-order valence-corrected chi connectivity index (χ4v) is 3.50. The van der Waals surface area contributed by atoms with Crippen LogP contribution in [0.4, 0.5) is 0 Å². The number of carboxylic acids is 3. The summed E-state index contributed by atoms with van der Waals surface area (Å²) in [7, 11) is 2.74. The summed E-state index contributed by atoms with van der Waals surface area (Å²) in [6.07, 6.45) is -2.53. The third-order valence-electron chi connectivity index (χ3n) is 5.33. The van der Waals surface area contributed by atoms with Crippen molar-refractivity contribution in [1.82, 2.24) is 10.6 Å². The molecule has 32 heavy (non-hydrogen) atoms. The van der Waals surface area contributed by atoms with E-state index >= 15 is 0 Å². The summed E-state index contributed by atoms with van der Waals surface area (Å²) < 4.78 is 0. The van der Waals surface area contributed by atoms with E-state index in [9.17, 15) is 29.1 Å². The van der Waals surface area contributed by atoms with E-state index in [0.29, 0.717) is 0 Å². The van der Waals surface area contributed by atoms with Crippen molar-refractivity contribution >= 4 is 29.7 Å². The molecule has 0 rings (SSSR count). The van der Waals surface area contributed by atoms with Crippen LogP contribution in [0.25, 0.3) is 0 Å². The van der Waals surface area contributed by atoms with Gasteiger partial charge in [0.1, 0.15) is 0 Å². The lowest BCUT2D eigenvalue weighted by molar-refractivity contribution is -0.140. The molecule has 0 saturated heterocycles. The predicted molar refractivity (Wildman–Crippen MR) is 113 cm³/mol. The summed E-state index contributed by atoms with van der Waals surface area (Å²) in [6, 6.07) is 0. The van der Waals surface area contributed by atoms with Gasteiger partial charge in [-0.1, -0.05) is 0 Å². The second kappa shape index (κ2) is 12.3. The Labute approximate surface area is 186 Å². The van der Waals surface area contributed by atoms with Gasteiger partial charge in [-0.25, -0.2) is 0 Å². The largest absolute Gasteiger partial charge is 0.481 e. The third-order valence-corrected chi connectivity index (χ3v) is 5.33. The molecule has 0 aromatic carbocycles. The van der Waals surface area contributed by atoms with Gasteiger partial charge in [0.05, 0.1) is 19.3 Å². The molecule has 0 aliphatic carbocycles. The highest BCUT2D eigenvalue weighted by Crippen LogP contribution is 2.31. The van der Waals surface area contributed by atoms with Crippen molar-refractivity contribution in [3.05, 3.63) is 0 Å². The van der Waals surface area contributed by atoms with E-state index < -0.39 is 65.6 Å². The molecule has 0 aliphatic heterocycles. The second-order valence-corrected chi connectivity index (χ2v) is 8.50. The topological polar surface area (TPSA) is 248 Å². The minimum Gasteiger partial charge on any atom is -0.481 e. The van der Waals surface area contributed by atoms with Gasteiger partial charge in [-0.05, 0) is 25.7 Å². The number of carboxylic acid groups (broad SMARTS) is 3. The average Bonchev–Trinajstić information content (AvgIpc) is 2.63. The molecule has 0 spiro atoms. The van der Waals surface area contributed by atoms with Crippen molar-refractivity contribution < 1.29 is 39.3 Å². The first-order valence-corrected chi connectivity index (χ1v) is 10.0. The Kier molecular flexibility index (Phi) is 11.2. The zero-order chi connectivity index (χ0) is 25.2. The van der Waals surface area contributed by atoms with Crippen molar-refractivity contribution in [2.75, 3.05) is 14.1 Å². The Hall–Kier alpha value is -2.77. The second-order valence-electron chi connectivity index (χ2n) is 8.50. The number of hydrogen-bond donors (Lipinski definition) is 8. The molecule has 11 N–H and O–H groups in total. The molecule has 2 amide bonds. The standard InChI is InChI=1S/C19H35N5O8/c1-23-12(25)7-18(21,10-15(29)30)5-3-17(20,9-14(27)28)4-6-19(22,11-16(31)32)8-13(26)24-2/h3-11,20-22H2,1-2H3,(H,23,25)(H,24,26)(H,27,28)(H,29,30)(H,31,32). The lowest BCUT2D eigenvalue weighted by atomic mass is 9.75. The van der Waals surface area contributed by atoms with Gasteiger partial charge >= 0.3 is 17.9 Å². The molecule has 0 fully saturated rings. The normalized spacial score (nSPS) is 16.7. The maximum Gasteiger partial charge on any atom is 0.305 e. The SMILES string of the molecule is CNC(=O)CC(N)(CCC(N)(CCC(N)(CC(=O)O)CC(=O)NC)CC(=O)O)CC(=O)O. The molecule has 0 saturated carbocycles. The summed E-state index contributed by atoms with van der Waals surface area (Å²) in [6.45, 7) is 0. The van der Waals surface area contributed by atoms with Crippen LogP contribution in [0, 0.1) is 0 Å². The molecule has 2 atom stereocenters. The van der Waals surface area contributed by atoms with Crippen LogP contribution in [0.2, 0.25) is 0 Å². The maximum atomic E-state index is 11.8. The average molecular weight is 462 g/mol. The summed E-state index contributed by atoms with van der Waals surface area (Å²) in [5.41, 5.74) is 14.2. The molecule has 2 unspecified atom stereocenters. The van der Waals surface area contributed by atoms with Gasteiger partial charge in [0.2, 0.25) is 11.8 Å². The number of amides is 2. The van der Waals surface area contributed by atoms with Crippen molar-refractivity contribution in [2.24, 2.45) is 17.2 Å². The Balaban J connectivity index is 5.62. The van der Waals surface area contributed by atoms with E-state index in [0.717, 1.165) is 0 Å². The minimum atomic E-state index is -1.47. The number of nitrogens with two attached hydrogens (primary N) is 3. The smallest absolute Gasteiger partial charge is 0.305 e. The van der Waals surface area contributed by atoms with Crippen LogP contribution in [0.1, 0.15) is 57.8 Å². The highest BCUT2D eigenvalue weighted by atomic mass is 16.4. The molecule has 13 nitrogen and oxygen atoms in total. The predicted octanol–water partition coefficient (Wildman–Crippen LogP) is -1.66. The van der Waals surface area contributed by atoms with Crippen molar-refractivity contribution in [2.45, 2.75) is 74.4 Å². The molecular weight excluding hydrogens is 426 g/mol. The first kappa shape index (κ1) is 29.2. The third kappa shape index (κ3) is 11.6. The maximum absolute atomic E-state index is 11.8. The van der Waals surface area contributed by atoms with Gasteiger partial charge in [-0.3, -0.25) is 24.0 Å². The first-order chi connectivity index (χ1) is 14.6. The van der Waals surface area contributed by atoms with E-state index in [2.05, 4.69) is 10.6 Å². The molecular formula is C19H35N5O8. The van der Waals surface area contributed by atoms with E-state index in [4.69, 9.17) is 27.4 Å². The van der Waals surface area contributed by atoms with E-state index in [1.807, 2.05) is 0 Å². The van der Waals surface area contributed by atoms with Gasteiger partial charge in [0.15, 0.2) is 0 Å². The van der Waals surface area contributed by atoms with E-state index in [-0.39, 0.29) is 38.5 Å². The summed E-state index contributed by atoms with van der Waals surface area (Å²) in [4.78, 5) is 57.4. The number of nitrogens with one attached hydrogen (secondary N) is 2. The summed E-state index contributed by atoms with van der Waals surface area (Å²) in [5.74, 6) is -4.66. The quantitative estimate of drug-likeness (QED) is 0.129. The van der Waals surface area contributed by atoms with Crippen LogP contribution in [0.3, 0.4) is 0 Å². The van der Waals surface area contributed by atoms with Gasteiger partial charge < -0.3 is 43.2 Å². The van der Waals surface area contributed by atoms with Crippen molar-refractivity contribution in [3.8, 4) is 0 Å². The number of carbonyl (C=O) groups excluding carboxylic acids is 2. The summed E-state index contributed by atoms with van der Waals surface area (Å²) in [5, 5.41) is 32.4. The van der Waals surface area contributed by atoms with Crippen LogP contribution in [-0.4, -0.2) is 75.8 Å². The molecule has 0 radical (unpaired) electrons.